The lowest BCUT2D eigenvalue weighted by atomic mass is 10.1. The van der Waals surface area contributed by atoms with Crippen molar-refractivity contribution in [2.45, 2.75) is 33.2 Å². The first kappa shape index (κ1) is 12.6. The van der Waals surface area contributed by atoms with E-state index in [4.69, 9.17) is 0 Å². The van der Waals surface area contributed by atoms with E-state index in [1.807, 2.05) is 42.0 Å². The van der Waals surface area contributed by atoms with Crippen molar-refractivity contribution in [2.75, 3.05) is 0 Å². The summed E-state index contributed by atoms with van der Waals surface area (Å²) in [5.74, 6) is 0.648. The van der Waals surface area contributed by atoms with Gasteiger partial charge in [-0.05, 0) is 18.9 Å². The zero-order valence-corrected chi connectivity index (χ0v) is 10.9. The molecule has 18 heavy (non-hydrogen) atoms. The minimum Gasteiger partial charge on any atom is -0.329 e. The second-order valence-electron chi connectivity index (χ2n) is 4.53. The quantitative estimate of drug-likeness (QED) is 0.755. The summed E-state index contributed by atoms with van der Waals surface area (Å²) in [4.78, 5) is 16.3. The molecule has 0 radical (unpaired) electrons. The standard InChI is InChI=1S/C15H18N2O/c1-3-9-17-10-8-16-15(17)14(18)11-13-6-4-12(2)5-7-13/h4-8,10H,3,9,11H2,1-2H3. The smallest absolute Gasteiger partial charge is 0.202 e. The average molecular weight is 242 g/mol. The highest BCUT2D eigenvalue weighted by molar-refractivity contribution is 5.94. The van der Waals surface area contributed by atoms with Crippen LogP contribution in [-0.2, 0) is 13.0 Å². The predicted molar refractivity (Wildman–Crippen MR) is 71.7 cm³/mol. The van der Waals surface area contributed by atoms with Crippen LogP contribution < -0.4 is 0 Å². The molecule has 94 valence electrons. The molecule has 1 aromatic heterocycles. The first-order valence-electron chi connectivity index (χ1n) is 6.30. The van der Waals surface area contributed by atoms with Crippen LogP contribution in [0.2, 0.25) is 0 Å². The van der Waals surface area contributed by atoms with Crippen LogP contribution in [0.1, 0.15) is 35.1 Å². The summed E-state index contributed by atoms with van der Waals surface area (Å²) in [6, 6.07) is 8.06. The summed E-state index contributed by atoms with van der Waals surface area (Å²) < 4.78 is 1.93. The third-order valence-corrected chi connectivity index (χ3v) is 2.91. The van der Waals surface area contributed by atoms with Gasteiger partial charge in [-0.2, -0.15) is 0 Å². The van der Waals surface area contributed by atoms with Crippen LogP contribution in [0.4, 0.5) is 0 Å². The maximum absolute atomic E-state index is 12.2. The number of rotatable bonds is 5. The van der Waals surface area contributed by atoms with Crippen LogP contribution in [-0.4, -0.2) is 15.3 Å². The third kappa shape index (κ3) is 2.86. The Kier molecular flexibility index (Phi) is 3.92. The molecule has 0 spiro atoms. The summed E-state index contributed by atoms with van der Waals surface area (Å²) in [6.07, 6.45) is 4.98. The average Bonchev–Trinajstić information content (AvgIpc) is 2.81. The Hall–Kier alpha value is -1.90. The molecule has 0 saturated heterocycles. The zero-order chi connectivity index (χ0) is 13.0. The van der Waals surface area contributed by atoms with E-state index < -0.39 is 0 Å². The topological polar surface area (TPSA) is 34.9 Å². The lowest BCUT2D eigenvalue weighted by Crippen LogP contribution is -2.12. The lowest BCUT2D eigenvalue weighted by molar-refractivity contribution is 0.0979. The number of aromatic nitrogens is 2. The van der Waals surface area contributed by atoms with E-state index in [1.165, 1.54) is 5.56 Å². The van der Waals surface area contributed by atoms with E-state index >= 15 is 0 Å². The van der Waals surface area contributed by atoms with Gasteiger partial charge in [0.05, 0.1) is 0 Å². The molecule has 2 rings (SSSR count). The van der Waals surface area contributed by atoms with E-state index in [2.05, 4.69) is 11.9 Å². The maximum Gasteiger partial charge on any atom is 0.202 e. The first-order chi connectivity index (χ1) is 8.70. The highest BCUT2D eigenvalue weighted by atomic mass is 16.1. The van der Waals surface area contributed by atoms with Crippen LogP contribution in [0.3, 0.4) is 0 Å². The van der Waals surface area contributed by atoms with Gasteiger partial charge in [0.15, 0.2) is 5.82 Å². The van der Waals surface area contributed by atoms with Crippen molar-refractivity contribution >= 4 is 5.78 Å². The van der Waals surface area contributed by atoms with Crippen LogP contribution >= 0.6 is 0 Å². The molecular weight excluding hydrogens is 224 g/mol. The summed E-state index contributed by atoms with van der Waals surface area (Å²) in [5.41, 5.74) is 2.25. The SMILES string of the molecule is CCCn1ccnc1C(=O)Cc1ccc(C)cc1. The number of hydrogen-bond donors (Lipinski definition) is 0. The number of nitrogens with zero attached hydrogens (tertiary/aromatic N) is 2. The molecule has 0 bridgehead atoms. The second kappa shape index (κ2) is 5.63. The van der Waals surface area contributed by atoms with Crippen molar-refractivity contribution in [3.8, 4) is 0 Å². The van der Waals surface area contributed by atoms with Gasteiger partial charge >= 0.3 is 0 Å². The van der Waals surface area contributed by atoms with Crippen LogP contribution in [0.15, 0.2) is 36.7 Å². The van der Waals surface area contributed by atoms with E-state index in [-0.39, 0.29) is 5.78 Å². The second-order valence-corrected chi connectivity index (χ2v) is 4.53. The van der Waals surface area contributed by atoms with Crippen LogP contribution in [0.5, 0.6) is 0 Å². The summed E-state index contributed by atoms with van der Waals surface area (Å²) in [5, 5.41) is 0. The van der Waals surface area contributed by atoms with E-state index in [1.54, 1.807) is 6.20 Å². The number of carbonyl (C=O) groups excluding carboxylic acids is 1. The molecule has 0 amide bonds. The molecule has 1 heterocycles. The highest BCUT2D eigenvalue weighted by Gasteiger charge is 2.12. The molecule has 0 atom stereocenters. The zero-order valence-electron chi connectivity index (χ0n) is 10.9. The molecule has 0 aliphatic heterocycles. The molecule has 0 N–H and O–H groups in total. The van der Waals surface area contributed by atoms with Crippen molar-refractivity contribution in [1.82, 2.24) is 9.55 Å². The van der Waals surface area contributed by atoms with Crippen molar-refractivity contribution < 1.29 is 4.79 Å². The first-order valence-corrected chi connectivity index (χ1v) is 6.30. The highest BCUT2D eigenvalue weighted by Crippen LogP contribution is 2.08. The Labute approximate surface area is 107 Å². The number of benzene rings is 1. The van der Waals surface area contributed by atoms with Gasteiger partial charge in [0.2, 0.25) is 5.78 Å². The Morgan fingerprint density at radius 3 is 2.67 bits per heavy atom. The molecule has 0 fully saturated rings. The van der Waals surface area contributed by atoms with Gasteiger partial charge in [0.1, 0.15) is 0 Å². The lowest BCUT2D eigenvalue weighted by Gasteiger charge is -2.05. The molecule has 3 nitrogen and oxygen atoms in total. The molecule has 2 aromatic rings. The molecule has 1 aromatic carbocycles. The minimum absolute atomic E-state index is 0.0808. The van der Waals surface area contributed by atoms with Crippen molar-refractivity contribution in [3.63, 3.8) is 0 Å². The molecular formula is C15H18N2O. The fraction of sp³-hybridized carbons (Fsp3) is 0.333. The number of aryl methyl sites for hydroxylation is 2. The third-order valence-electron chi connectivity index (χ3n) is 2.91. The van der Waals surface area contributed by atoms with Gasteiger partial charge < -0.3 is 4.57 Å². The predicted octanol–water partition coefficient (Wildman–Crippen LogP) is 3.03. The van der Waals surface area contributed by atoms with Gasteiger partial charge in [0.25, 0.3) is 0 Å². The van der Waals surface area contributed by atoms with E-state index in [0.717, 1.165) is 18.5 Å². The minimum atomic E-state index is 0.0808. The van der Waals surface area contributed by atoms with E-state index in [0.29, 0.717) is 12.2 Å². The monoisotopic (exact) mass is 242 g/mol. The van der Waals surface area contributed by atoms with Crippen molar-refractivity contribution in [1.29, 1.82) is 0 Å². The normalized spacial score (nSPS) is 10.6. The molecule has 0 aliphatic carbocycles. The number of imidazole rings is 1. The number of ketones is 1. The van der Waals surface area contributed by atoms with Gasteiger partial charge in [0, 0.05) is 25.4 Å². The Bertz CT molecular complexity index is 526. The van der Waals surface area contributed by atoms with Crippen LogP contribution in [0.25, 0.3) is 0 Å². The Balaban J connectivity index is 2.11. The van der Waals surface area contributed by atoms with Gasteiger partial charge in [-0.25, -0.2) is 4.98 Å². The Morgan fingerprint density at radius 2 is 2.00 bits per heavy atom. The molecule has 0 aliphatic rings. The van der Waals surface area contributed by atoms with Crippen LogP contribution in [0, 0.1) is 6.92 Å². The van der Waals surface area contributed by atoms with Crippen molar-refractivity contribution in [3.05, 3.63) is 53.6 Å². The number of hydrogen-bond acceptors (Lipinski definition) is 2. The van der Waals surface area contributed by atoms with Crippen molar-refractivity contribution in [2.24, 2.45) is 0 Å². The summed E-state index contributed by atoms with van der Waals surface area (Å²) in [6.45, 7) is 4.97. The number of carbonyl (C=O) groups is 1. The largest absolute Gasteiger partial charge is 0.329 e. The van der Waals surface area contributed by atoms with Gasteiger partial charge in [-0.1, -0.05) is 36.8 Å². The molecule has 0 saturated carbocycles. The molecule has 3 heteroatoms. The molecule has 0 unspecified atom stereocenters. The summed E-state index contributed by atoms with van der Waals surface area (Å²) >= 11 is 0. The maximum atomic E-state index is 12.2. The fourth-order valence-corrected chi connectivity index (χ4v) is 1.95. The van der Waals surface area contributed by atoms with Gasteiger partial charge in [-0.3, -0.25) is 4.79 Å². The number of Topliss-reactive ketones (excluding diaryl/α,β-unsaturated/α-hetero) is 1. The van der Waals surface area contributed by atoms with E-state index in [9.17, 15) is 4.79 Å². The van der Waals surface area contributed by atoms with Gasteiger partial charge in [-0.15, -0.1) is 0 Å². The fourth-order valence-electron chi connectivity index (χ4n) is 1.95. The summed E-state index contributed by atoms with van der Waals surface area (Å²) in [7, 11) is 0. The Morgan fingerprint density at radius 1 is 1.28 bits per heavy atom.